The molecule has 1 atom stereocenters. The number of nitrogens with one attached hydrogen (secondary N) is 1. The molecule has 0 spiro atoms. The van der Waals surface area contributed by atoms with Gasteiger partial charge in [-0.25, -0.2) is 4.79 Å². The van der Waals surface area contributed by atoms with Crippen molar-refractivity contribution in [2.75, 3.05) is 6.54 Å². The molecule has 0 heterocycles. The van der Waals surface area contributed by atoms with Crippen molar-refractivity contribution < 1.29 is 14.7 Å². The van der Waals surface area contributed by atoms with Crippen LogP contribution in [0.2, 0.25) is 0 Å². The lowest BCUT2D eigenvalue weighted by molar-refractivity contribution is -0.138. The summed E-state index contributed by atoms with van der Waals surface area (Å²) in [6, 6.07) is -0.742. The van der Waals surface area contributed by atoms with Crippen molar-refractivity contribution in [3.63, 3.8) is 0 Å². The van der Waals surface area contributed by atoms with Gasteiger partial charge in [0.1, 0.15) is 6.04 Å². The Kier molecular flexibility index (Phi) is 4.58. The molecule has 0 bridgehead atoms. The first kappa shape index (κ1) is 12.8. The van der Waals surface area contributed by atoms with E-state index in [4.69, 9.17) is 5.11 Å². The van der Waals surface area contributed by atoms with Crippen LogP contribution >= 0.6 is 0 Å². The third-order valence-electron chi connectivity index (χ3n) is 2.71. The molecular formula is C11H20N2O3. The van der Waals surface area contributed by atoms with Gasteiger partial charge in [0, 0.05) is 12.6 Å². The predicted octanol–water partition coefficient (Wildman–Crippen LogP) is 1.43. The van der Waals surface area contributed by atoms with Crippen molar-refractivity contribution in [1.82, 2.24) is 10.2 Å². The van der Waals surface area contributed by atoms with Crippen molar-refractivity contribution in [2.24, 2.45) is 0 Å². The van der Waals surface area contributed by atoms with Gasteiger partial charge in [-0.2, -0.15) is 0 Å². The van der Waals surface area contributed by atoms with Crippen LogP contribution in [0.5, 0.6) is 0 Å². The molecule has 1 rings (SSSR count). The maximum atomic E-state index is 11.8. The number of carboxylic acid groups (broad SMARTS) is 1. The van der Waals surface area contributed by atoms with Crippen LogP contribution < -0.4 is 5.32 Å². The zero-order valence-electron chi connectivity index (χ0n) is 9.90. The minimum atomic E-state index is -1.00. The first-order chi connectivity index (χ1) is 7.56. The van der Waals surface area contributed by atoms with E-state index >= 15 is 0 Å². The Morgan fingerprint density at radius 1 is 1.50 bits per heavy atom. The summed E-state index contributed by atoms with van der Waals surface area (Å²) >= 11 is 0. The van der Waals surface area contributed by atoms with Crippen LogP contribution in [0.25, 0.3) is 0 Å². The number of carboxylic acids is 1. The van der Waals surface area contributed by atoms with Gasteiger partial charge >= 0.3 is 12.0 Å². The number of carbonyl (C=O) groups excluding carboxylic acids is 1. The summed E-state index contributed by atoms with van der Waals surface area (Å²) in [5.41, 5.74) is 0. The van der Waals surface area contributed by atoms with E-state index in [0.717, 1.165) is 32.2 Å². The molecule has 5 nitrogen and oxygen atoms in total. The van der Waals surface area contributed by atoms with Gasteiger partial charge in [-0.05, 0) is 26.2 Å². The van der Waals surface area contributed by atoms with Gasteiger partial charge in [0.15, 0.2) is 0 Å². The summed E-state index contributed by atoms with van der Waals surface area (Å²) in [7, 11) is 0. The van der Waals surface area contributed by atoms with Crippen LogP contribution in [0.3, 0.4) is 0 Å². The molecular weight excluding hydrogens is 208 g/mol. The van der Waals surface area contributed by atoms with Gasteiger partial charge in [-0.1, -0.05) is 13.3 Å². The zero-order valence-corrected chi connectivity index (χ0v) is 9.90. The molecule has 1 saturated carbocycles. The normalized spacial score (nSPS) is 16.6. The summed E-state index contributed by atoms with van der Waals surface area (Å²) in [6.45, 7) is 4.27. The molecule has 16 heavy (non-hydrogen) atoms. The zero-order chi connectivity index (χ0) is 12.1. The number of carbonyl (C=O) groups is 2. The second-order valence-corrected chi connectivity index (χ2v) is 4.29. The fourth-order valence-corrected chi connectivity index (χ4v) is 1.49. The number of hydrogen-bond donors (Lipinski definition) is 2. The van der Waals surface area contributed by atoms with Crippen LogP contribution in [0.1, 0.15) is 39.5 Å². The number of unbranched alkanes of at least 4 members (excludes halogenated alkanes) is 1. The third-order valence-corrected chi connectivity index (χ3v) is 2.71. The number of nitrogens with zero attached hydrogens (tertiary/aromatic N) is 1. The van der Waals surface area contributed by atoms with Crippen molar-refractivity contribution in [3.8, 4) is 0 Å². The third kappa shape index (κ3) is 3.72. The van der Waals surface area contributed by atoms with Crippen LogP contribution in [0, 0.1) is 0 Å². The van der Waals surface area contributed by atoms with E-state index in [2.05, 4.69) is 12.2 Å². The van der Waals surface area contributed by atoms with Crippen molar-refractivity contribution >= 4 is 12.0 Å². The molecule has 0 unspecified atom stereocenters. The smallest absolute Gasteiger partial charge is 0.325 e. The Bertz CT molecular complexity index is 264. The average molecular weight is 228 g/mol. The Morgan fingerprint density at radius 3 is 2.56 bits per heavy atom. The fourth-order valence-electron chi connectivity index (χ4n) is 1.49. The second kappa shape index (κ2) is 5.72. The Labute approximate surface area is 95.8 Å². The first-order valence-corrected chi connectivity index (χ1v) is 5.86. The topological polar surface area (TPSA) is 69.6 Å². The maximum Gasteiger partial charge on any atom is 0.325 e. The predicted molar refractivity (Wildman–Crippen MR) is 60.3 cm³/mol. The van der Waals surface area contributed by atoms with Crippen molar-refractivity contribution in [2.45, 2.75) is 51.6 Å². The molecule has 1 aliphatic carbocycles. The molecule has 0 radical (unpaired) electrons. The highest BCUT2D eigenvalue weighted by Gasteiger charge is 2.32. The van der Waals surface area contributed by atoms with E-state index in [-0.39, 0.29) is 6.03 Å². The van der Waals surface area contributed by atoms with Crippen molar-refractivity contribution in [3.05, 3.63) is 0 Å². The van der Waals surface area contributed by atoms with Crippen molar-refractivity contribution in [1.29, 1.82) is 0 Å². The van der Waals surface area contributed by atoms with E-state index in [1.807, 2.05) is 0 Å². The molecule has 5 heteroatoms. The van der Waals surface area contributed by atoms with Gasteiger partial charge in [-0.3, -0.25) is 4.79 Å². The molecule has 0 aliphatic heterocycles. The van der Waals surface area contributed by atoms with E-state index in [1.165, 1.54) is 6.92 Å². The number of urea groups is 1. The van der Waals surface area contributed by atoms with Gasteiger partial charge in [0.05, 0.1) is 0 Å². The second-order valence-electron chi connectivity index (χ2n) is 4.29. The molecule has 0 aromatic heterocycles. The SMILES string of the molecule is CCCCN(C(=O)N[C@H](C)C(=O)O)C1CC1. The minimum Gasteiger partial charge on any atom is -0.480 e. The van der Waals surface area contributed by atoms with Gasteiger partial charge < -0.3 is 15.3 Å². The maximum absolute atomic E-state index is 11.8. The standard InChI is InChI=1S/C11H20N2O3/c1-3-4-7-13(9-5-6-9)11(16)12-8(2)10(14)15/h8-9H,3-7H2,1-2H3,(H,12,16)(H,14,15)/t8-/m1/s1. The lowest BCUT2D eigenvalue weighted by Gasteiger charge is -2.23. The molecule has 92 valence electrons. The Hall–Kier alpha value is -1.26. The molecule has 0 aromatic carbocycles. The number of rotatable bonds is 6. The first-order valence-electron chi connectivity index (χ1n) is 5.86. The summed E-state index contributed by atoms with van der Waals surface area (Å²) < 4.78 is 0. The molecule has 0 saturated heterocycles. The molecule has 2 amide bonds. The molecule has 0 aromatic rings. The van der Waals surface area contributed by atoms with E-state index in [9.17, 15) is 9.59 Å². The summed E-state index contributed by atoms with van der Waals surface area (Å²) in [4.78, 5) is 24.2. The Morgan fingerprint density at radius 2 is 2.12 bits per heavy atom. The fraction of sp³-hybridized carbons (Fsp3) is 0.818. The lowest BCUT2D eigenvalue weighted by atomic mass is 10.3. The van der Waals surface area contributed by atoms with Gasteiger partial charge in [-0.15, -0.1) is 0 Å². The van der Waals surface area contributed by atoms with Gasteiger partial charge in [0.2, 0.25) is 0 Å². The average Bonchev–Trinajstić information content (AvgIpc) is 3.02. The number of aliphatic carboxylic acids is 1. The molecule has 2 N–H and O–H groups in total. The highest BCUT2D eigenvalue weighted by Crippen LogP contribution is 2.27. The largest absolute Gasteiger partial charge is 0.480 e. The lowest BCUT2D eigenvalue weighted by Crippen LogP contribution is -2.47. The molecule has 1 aliphatic rings. The van der Waals surface area contributed by atoms with Crippen LogP contribution in [-0.4, -0.2) is 40.6 Å². The van der Waals surface area contributed by atoms with Crippen LogP contribution in [-0.2, 0) is 4.79 Å². The van der Waals surface area contributed by atoms with Crippen LogP contribution in [0.4, 0.5) is 4.79 Å². The highest BCUT2D eigenvalue weighted by molar-refractivity contribution is 5.82. The number of hydrogen-bond acceptors (Lipinski definition) is 2. The van der Waals surface area contributed by atoms with E-state index in [0.29, 0.717) is 6.04 Å². The summed E-state index contributed by atoms with van der Waals surface area (Å²) in [5, 5.41) is 11.2. The number of amides is 2. The summed E-state index contributed by atoms with van der Waals surface area (Å²) in [6.07, 6.45) is 4.08. The van der Waals surface area contributed by atoms with E-state index < -0.39 is 12.0 Å². The Balaban J connectivity index is 2.43. The van der Waals surface area contributed by atoms with Crippen LogP contribution in [0.15, 0.2) is 0 Å². The summed E-state index contributed by atoms with van der Waals surface area (Å²) in [5.74, 6) is -1.00. The monoisotopic (exact) mass is 228 g/mol. The quantitative estimate of drug-likeness (QED) is 0.722. The highest BCUT2D eigenvalue weighted by atomic mass is 16.4. The minimum absolute atomic E-state index is 0.245. The molecule has 1 fully saturated rings. The van der Waals surface area contributed by atoms with Gasteiger partial charge in [0.25, 0.3) is 0 Å². The van der Waals surface area contributed by atoms with E-state index in [1.54, 1.807) is 4.90 Å².